The molecular formula is C40H35N3O22S6. The average Bonchev–Trinajstić information content (AvgIpc) is 3.26. The van der Waals surface area contributed by atoms with Crippen LogP contribution in [0.1, 0.15) is 34.3 Å². The molecule has 0 spiro atoms. The van der Waals surface area contributed by atoms with E-state index >= 15 is 0 Å². The smallest absolute Gasteiger partial charge is 0.306 e. The van der Waals surface area contributed by atoms with Crippen LogP contribution in [0, 0.1) is 5.92 Å². The number of likely N-dealkylation sites (tertiary alicyclic amines) is 1. The van der Waals surface area contributed by atoms with Crippen LogP contribution in [-0.4, -0.2) is 113 Å². The number of fused-ring (bicyclic) bond motifs is 2. The first-order valence-corrected chi connectivity index (χ1v) is 28.4. The Morgan fingerprint density at radius 3 is 1.68 bits per heavy atom. The van der Waals surface area contributed by atoms with E-state index < -0.39 is 143 Å². The molecule has 3 aliphatic rings. The molecule has 0 bridgehead atoms. The number of carbonyl (C=O) groups is 2. The Morgan fingerprint density at radius 1 is 0.606 bits per heavy atom. The highest BCUT2D eigenvalue weighted by Gasteiger charge is 2.32. The van der Waals surface area contributed by atoms with E-state index in [9.17, 15) is 92.5 Å². The van der Waals surface area contributed by atoms with Crippen LogP contribution < -0.4 is 10.7 Å². The molecule has 1 saturated heterocycles. The molecule has 1 fully saturated rings. The summed E-state index contributed by atoms with van der Waals surface area (Å²) in [5, 5.41) is 11.1. The summed E-state index contributed by atoms with van der Waals surface area (Å²) in [6.45, 7) is -1.69. The molecule has 4 aromatic rings. The summed E-state index contributed by atoms with van der Waals surface area (Å²) in [5.74, 6) is -2.88. The number of benzene rings is 5. The lowest BCUT2D eigenvalue weighted by Crippen LogP contribution is -2.40. The van der Waals surface area contributed by atoms with Gasteiger partial charge in [-0.25, -0.2) is 0 Å². The van der Waals surface area contributed by atoms with Crippen LogP contribution in [-0.2, 0) is 78.6 Å². The molecule has 31 heteroatoms. The standard InChI is InChI=1S/C40H35N3O22S6/c44-39(43-11-9-21(10-12-43)40(45)46)27-4-2-1-3-26(27)38-28-15-36(70(59,60)61)30(41-19-22-5-7-24(66(47,48)49)13-34(22)68(53,54)55)17-32(28)65-33-18-31(37(16-29(33)38)71(62,63)64)42-20-23-6-8-25(67(50,51)52)14-35(23)69(56,57)58/h1-8,13-18,21,41H,9-12,19-20H2,(H,45,46)(H,47,48,49)(H,50,51,52)(H,53,54,55)(H,56,57,58)(H,59,60,61)(H,62,63,64). The Hall–Kier alpha value is -6.23. The summed E-state index contributed by atoms with van der Waals surface area (Å²) >= 11 is 0. The Labute approximate surface area is 402 Å². The molecule has 4 aromatic carbocycles. The van der Waals surface area contributed by atoms with Gasteiger partial charge in [0.2, 0.25) is 0 Å². The van der Waals surface area contributed by atoms with Crippen LogP contribution in [0.5, 0.6) is 0 Å². The van der Waals surface area contributed by atoms with E-state index in [2.05, 4.69) is 10.3 Å². The number of rotatable bonds is 14. The van der Waals surface area contributed by atoms with Crippen molar-refractivity contribution in [3.63, 3.8) is 0 Å². The number of carboxylic acid groups (broad SMARTS) is 1. The molecule has 378 valence electrons. The highest BCUT2D eigenvalue weighted by atomic mass is 32.2. The van der Waals surface area contributed by atoms with Crippen molar-refractivity contribution in [3.8, 4) is 22.5 Å². The van der Waals surface area contributed by atoms with E-state index in [-0.39, 0.29) is 64.9 Å². The number of anilines is 1. The molecule has 0 unspecified atom stereocenters. The van der Waals surface area contributed by atoms with Gasteiger partial charge in [-0.1, -0.05) is 30.3 Å². The fourth-order valence-corrected chi connectivity index (χ4v) is 11.8. The second-order valence-corrected chi connectivity index (χ2v) is 24.1. The number of nitrogens with zero attached hydrogens (tertiary/aromatic N) is 2. The van der Waals surface area contributed by atoms with Gasteiger partial charge in [0, 0.05) is 53.8 Å². The number of hydrogen-bond acceptors (Lipinski definition) is 17. The van der Waals surface area contributed by atoms with Crippen LogP contribution >= 0.6 is 0 Å². The predicted octanol–water partition coefficient (Wildman–Crippen LogP) is 3.33. The van der Waals surface area contributed by atoms with Gasteiger partial charge in [0.15, 0.2) is 0 Å². The number of carbonyl (C=O) groups excluding carboxylic acids is 1. The molecule has 8 N–H and O–H groups in total. The number of piperidine rings is 1. The average molecular weight is 1100 g/mol. The molecule has 0 aromatic heterocycles. The number of carboxylic acids is 1. The second kappa shape index (κ2) is 18.7. The quantitative estimate of drug-likeness (QED) is 0.0572. The number of hydrogen-bond donors (Lipinski definition) is 8. The Bertz CT molecular complexity index is 3980. The van der Waals surface area contributed by atoms with Gasteiger partial charge < -0.3 is 19.7 Å². The van der Waals surface area contributed by atoms with Crippen molar-refractivity contribution >= 4 is 89.2 Å². The van der Waals surface area contributed by atoms with Crippen LogP contribution in [0.2, 0.25) is 0 Å². The largest absolute Gasteiger partial charge is 0.481 e. The monoisotopic (exact) mass is 1100 g/mol. The molecular weight excluding hydrogens is 1070 g/mol. The third-order valence-corrected chi connectivity index (χ3v) is 16.5. The molecule has 0 saturated carbocycles. The van der Waals surface area contributed by atoms with E-state index in [0.717, 1.165) is 48.5 Å². The maximum atomic E-state index is 14.3. The summed E-state index contributed by atoms with van der Waals surface area (Å²) in [7, 11) is -31.3. The van der Waals surface area contributed by atoms with Crippen LogP contribution in [0.4, 0.5) is 5.69 Å². The predicted molar refractivity (Wildman–Crippen MR) is 243 cm³/mol. The summed E-state index contributed by atoms with van der Waals surface area (Å²) in [6.07, 6.45) is 0.146. The molecule has 7 rings (SSSR count). The lowest BCUT2D eigenvalue weighted by molar-refractivity contribution is -0.143. The minimum atomic E-state index is -5.39. The van der Waals surface area contributed by atoms with Crippen molar-refractivity contribution in [3.05, 3.63) is 107 Å². The molecule has 71 heavy (non-hydrogen) atoms. The van der Waals surface area contributed by atoms with E-state index in [4.69, 9.17) is 4.42 Å². The van der Waals surface area contributed by atoms with Gasteiger partial charge in [-0.05, 0) is 72.0 Å². The van der Waals surface area contributed by atoms with E-state index in [1.54, 1.807) is 0 Å². The second-order valence-electron chi connectivity index (χ2n) is 15.6. The zero-order valence-electron chi connectivity index (χ0n) is 35.5. The van der Waals surface area contributed by atoms with Gasteiger partial charge in [-0.2, -0.15) is 50.5 Å². The first kappa shape index (κ1) is 52.6. The highest BCUT2D eigenvalue weighted by molar-refractivity contribution is 7.87. The van der Waals surface area contributed by atoms with Crippen molar-refractivity contribution in [2.24, 2.45) is 10.9 Å². The van der Waals surface area contributed by atoms with Gasteiger partial charge in [0.25, 0.3) is 66.6 Å². The normalized spacial score (nSPS) is 14.8. The molecule has 0 atom stereocenters. The van der Waals surface area contributed by atoms with Gasteiger partial charge in [0.05, 0.1) is 33.3 Å². The Balaban J connectivity index is 1.52. The van der Waals surface area contributed by atoms with Crippen molar-refractivity contribution in [1.82, 2.24) is 4.90 Å². The SMILES string of the molecule is O=C(O)C1CCN(C(=O)c2ccccc2-c2c3cc(S(=O)(=O)O)c(=NCc4ccc(S(=O)(=O)O)cc4S(=O)(=O)O)cc-3oc3cc(NCc4ccc(S(=O)(=O)O)cc4S(=O)(=O)O)c(S(=O)(=O)O)cc23)CC1. The topological polar surface area (TPSA) is 421 Å². The van der Waals surface area contributed by atoms with Gasteiger partial charge in [-0.3, -0.25) is 41.9 Å². The van der Waals surface area contributed by atoms with Crippen molar-refractivity contribution in [2.45, 2.75) is 55.3 Å². The number of amides is 1. The van der Waals surface area contributed by atoms with Gasteiger partial charge >= 0.3 is 5.97 Å². The fourth-order valence-electron chi connectivity index (χ4n) is 7.80. The Kier molecular flexibility index (Phi) is 13.9. The van der Waals surface area contributed by atoms with E-state index in [0.29, 0.717) is 12.1 Å². The first-order chi connectivity index (χ1) is 32.7. The summed E-state index contributed by atoms with van der Waals surface area (Å²) in [5.41, 5.74) is -2.49. The van der Waals surface area contributed by atoms with Crippen LogP contribution in [0.15, 0.2) is 124 Å². The van der Waals surface area contributed by atoms with Crippen molar-refractivity contribution in [1.29, 1.82) is 0 Å². The molecule has 1 amide bonds. The zero-order chi connectivity index (χ0) is 52.4. The van der Waals surface area contributed by atoms with E-state index in [1.807, 2.05) is 0 Å². The highest BCUT2D eigenvalue weighted by Crippen LogP contribution is 2.44. The molecule has 1 aliphatic carbocycles. The maximum Gasteiger partial charge on any atom is 0.306 e. The molecule has 2 heterocycles. The number of aliphatic carboxylic acids is 1. The van der Waals surface area contributed by atoms with Crippen LogP contribution in [0.25, 0.3) is 33.4 Å². The fraction of sp³-hybridized carbons (Fsp3) is 0.175. The molecule has 25 nitrogen and oxygen atoms in total. The third-order valence-electron chi connectivity index (χ3n) is 11.1. The van der Waals surface area contributed by atoms with Crippen LogP contribution in [0.3, 0.4) is 0 Å². The Morgan fingerprint density at radius 2 is 1.14 bits per heavy atom. The molecule has 2 aliphatic heterocycles. The van der Waals surface area contributed by atoms with Gasteiger partial charge in [0.1, 0.15) is 30.9 Å². The van der Waals surface area contributed by atoms with Gasteiger partial charge in [-0.15, -0.1) is 0 Å². The van der Waals surface area contributed by atoms with Crippen molar-refractivity contribution in [2.75, 3.05) is 18.4 Å². The third kappa shape index (κ3) is 11.3. The lowest BCUT2D eigenvalue weighted by Gasteiger charge is -2.31. The minimum Gasteiger partial charge on any atom is -0.481 e. The summed E-state index contributed by atoms with van der Waals surface area (Å²) < 4.78 is 215. The number of nitrogens with one attached hydrogen (secondary N) is 1. The molecule has 0 radical (unpaired) electrons. The summed E-state index contributed by atoms with van der Waals surface area (Å²) in [6, 6.07) is 13.0. The maximum absolute atomic E-state index is 14.3. The first-order valence-electron chi connectivity index (χ1n) is 19.8. The lowest BCUT2D eigenvalue weighted by atomic mass is 9.89. The van der Waals surface area contributed by atoms with E-state index in [1.165, 1.54) is 29.2 Å². The minimum absolute atomic E-state index is 0.0227. The zero-order valence-corrected chi connectivity index (χ0v) is 40.4. The van der Waals surface area contributed by atoms with Crippen molar-refractivity contribution < 1.29 is 96.9 Å². The summed E-state index contributed by atoms with van der Waals surface area (Å²) in [4.78, 5) is 25.4.